The zero-order valence-electron chi connectivity index (χ0n) is 9.04. The van der Waals surface area contributed by atoms with Crippen molar-refractivity contribution in [3.8, 4) is 0 Å². The number of carbonyl (C=O) groups is 2. The van der Waals surface area contributed by atoms with E-state index in [4.69, 9.17) is 4.74 Å². The van der Waals surface area contributed by atoms with Gasteiger partial charge in [0.1, 0.15) is 13.2 Å². The van der Waals surface area contributed by atoms with Crippen molar-refractivity contribution in [2.45, 2.75) is 0 Å². The van der Waals surface area contributed by atoms with Gasteiger partial charge in [-0.05, 0) is 12.1 Å². The minimum atomic E-state index is -0.485. The summed E-state index contributed by atoms with van der Waals surface area (Å²) in [6.45, 7) is 0.428. The Morgan fingerprint density at radius 1 is 1.24 bits per heavy atom. The first-order valence-corrected chi connectivity index (χ1v) is 5.11. The Kier molecular flexibility index (Phi) is 3.40. The molecule has 5 heteroatoms. The van der Waals surface area contributed by atoms with Crippen LogP contribution in [0.5, 0.6) is 0 Å². The van der Waals surface area contributed by atoms with Gasteiger partial charge in [-0.15, -0.1) is 0 Å². The van der Waals surface area contributed by atoms with E-state index < -0.39 is 6.09 Å². The fourth-order valence-electron chi connectivity index (χ4n) is 1.54. The fraction of sp³-hybridized carbons (Fsp3) is 0.167. The van der Waals surface area contributed by atoms with E-state index in [1.165, 1.54) is 4.57 Å². The number of carbonyl (C=O) groups excluding carboxylic acids is 2. The zero-order valence-corrected chi connectivity index (χ0v) is 9.04. The standard InChI is InChI=1S/C12H11NO4/c14-9-16-7-8-17-12(15)13-6-5-10-3-1-2-4-11(10)13/h1-6,9H,7-8H2. The van der Waals surface area contributed by atoms with E-state index in [-0.39, 0.29) is 13.2 Å². The number of rotatable bonds is 4. The first-order valence-electron chi connectivity index (χ1n) is 5.11. The Balaban J connectivity index is 2.06. The Bertz CT molecular complexity index is 532. The number of hydrogen-bond donors (Lipinski definition) is 0. The van der Waals surface area contributed by atoms with Crippen LogP contribution in [0.2, 0.25) is 0 Å². The normalized spacial score (nSPS) is 10.1. The van der Waals surface area contributed by atoms with Crippen LogP contribution >= 0.6 is 0 Å². The molecule has 0 unspecified atom stereocenters. The molecular weight excluding hydrogens is 222 g/mol. The third-order valence-electron chi connectivity index (χ3n) is 2.29. The van der Waals surface area contributed by atoms with Crippen molar-refractivity contribution >= 4 is 23.5 Å². The Labute approximate surface area is 97.5 Å². The van der Waals surface area contributed by atoms with Gasteiger partial charge in [0.2, 0.25) is 0 Å². The predicted octanol–water partition coefficient (Wildman–Crippen LogP) is 1.80. The highest BCUT2D eigenvalue weighted by molar-refractivity contribution is 5.89. The van der Waals surface area contributed by atoms with Gasteiger partial charge >= 0.3 is 6.09 Å². The minimum Gasteiger partial charge on any atom is -0.464 e. The molecule has 0 aliphatic heterocycles. The molecule has 0 bridgehead atoms. The molecule has 0 saturated heterocycles. The van der Waals surface area contributed by atoms with Gasteiger partial charge in [0, 0.05) is 11.6 Å². The number of hydrogen-bond acceptors (Lipinski definition) is 4. The van der Waals surface area contributed by atoms with Crippen LogP contribution in [0.15, 0.2) is 36.5 Å². The monoisotopic (exact) mass is 233 g/mol. The second kappa shape index (κ2) is 5.16. The lowest BCUT2D eigenvalue weighted by molar-refractivity contribution is -0.129. The molecule has 0 amide bonds. The smallest absolute Gasteiger partial charge is 0.418 e. The average molecular weight is 233 g/mol. The molecular formula is C12H11NO4. The highest BCUT2D eigenvalue weighted by atomic mass is 16.6. The number of para-hydroxylation sites is 1. The molecule has 1 aromatic carbocycles. The molecule has 0 saturated carbocycles. The molecule has 0 aliphatic rings. The van der Waals surface area contributed by atoms with E-state index in [2.05, 4.69) is 4.74 Å². The summed E-state index contributed by atoms with van der Waals surface area (Å²) in [4.78, 5) is 21.6. The molecule has 88 valence electrons. The van der Waals surface area contributed by atoms with Crippen LogP contribution in [0.1, 0.15) is 0 Å². The van der Waals surface area contributed by atoms with Gasteiger partial charge in [0.25, 0.3) is 6.47 Å². The first-order chi connectivity index (χ1) is 8.33. The van der Waals surface area contributed by atoms with Crippen molar-refractivity contribution in [1.29, 1.82) is 0 Å². The van der Waals surface area contributed by atoms with Crippen LogP contribution in [0.4, 0.5) is 4.79 Å². The number of benzene rings is 1. The van der Waals surface area contributed by atoms with Crippen LogP contribution in [0.25, 0.3) is 10.9 Å². The van der Waals surface area contributed by atoms with E-state index in [1.807, 2.05) is 30.3 Å². The molecule has 1 aromatic heterocycles. The Hall–Kier alpha value is -2.30. The highest BCUT2D eigenvalue weighted by Crippen LogP contribution is 2.15. The van der Waals surface area contributed by atoms with Crippen LogP contribution in [-0.2, 0) is 14.3 Å². The fourth-order valence-corrected chi connectivity index (χ4v) is 1.54. The molecule has 0 atom stereocenters. The maximum absolute atomic E-state index is 11.7. The predicted molar refractivity (Wildman–Crippen MR) is 60.7 cm³/mol. The van der Waals surface area contributed by atoms with Crippen LogP contribution < -0.4 is 0 Å². The summed E-state index contributed by atoms with van der Waals surface area (Å²) in [5.74, 6) is 0. The van der Waals surface area contributed by atoms with Crippen LogP contribution in [-0.4, -0.2) is 30.3 Å². The van der Waals surface area contributed by atoms with Gasteiger partial charge in [-0.3, -0.25) is 9.36 Å². The molecule has 2 aromatic rings. The largest absolute Gasteiger partial charge is 0.464 e. The minimum absolute atomic E-state index is 0.0457. The summed E-state index contributed by atoms with van der Waals surface area (Å²) in [5, 5.41) is 0.966. The summed E-state index contributed by atoms with van der Waals surface area (Å²) in [6.07, 6.45) is 1.16. The van der Waals surface area contributed by atoms with E-state index in [0.717, 1.165) is 10.9 Å². The topological polar surface area (TPSA) is 57.5 Å². The van der Waals surface area contributed by atoms with Crippen molar-refractivity contribution in [3.63, 3.8) is 0 Å². The van der Waals surface area contributed by atoms with Gasteiger partial charge in [0.05, 0.1) is 5.52 Å². The second-order valence-electron chi connectivity index (χ2n) is 3.33. The van der Waals surface area contributed by atoms with Crippen molar-refractivity contribution < 1.29 is 19.1 Å². The molecule has 17 heavy (non-hydrogen) atoms. The summed E-state index contributed by atoms with van der Waals surface area (Å²) in [7, 11) is 0. The van der Waals surface area contributed by atoms with Gasteiger partial charge < -0.3 is 9.47 Å². The molecule has 0 fully saturated rings. The van der Waals surface area contributed by atoms with Gasteiger partial charge in [0.15, 0.2) is 0 Å². The maximum atomic E-state index is 11.7. The van der Waals surface area contributed by atoms with Crippen LogP contribution in [0, 0.1) is 0 Å². The molecule has 0 N–H and O–H groups in total. The third kappa shape index (κ3) is 2.44. The number of ether oxygens (including phenoxy) is 2. The molecule has 2 rings (SSSR count). The van der Waals surface area contributed by atoms with Crippen molar-refractivity contribution in [2.75, 3.05) is 13.2 Å². The first kappa shape index (κ1) is 11.2. The van der Waals surface area contributed by atoms with Gasteiger partial charge in [-0.25, -0.2) is 4.79 Å². The molecule has 5 nitrogen and oxygen atoms in total. The number of aromatic nitrogens is 1. The van der Waals surface area contributed by atoms with Crippen LogP contribution in [0.3, 0.4) is 0 Å². The lowest BCUT2D eigenvalue weighted by Gasteiger charge is -2.05. The average Bonchev–Trinajstić information content (AvgIpc) is 2.78. The third-order valence-corrected chi connectivity index (χ3v) is 2.29. The summed E-state index contributed by atoms with van der Waals surface area (Å²) in [6, 6.07) is 9.32. The molecule has 0 aliphatic carbocycles. The number of fused-ring (bicyclic) bond motifs is 1. The Morgan fingerprint density at radius 3 is 2.88 bits per heavy atom. The molecule has 1 heterocycles. The molecule has 0 spiro atoms. The number of nitrogens with zero attached hydrogens (tertiary/aromatic N) is 1. The van der Waals surface area contributed by atoms with Crippen molar-refractivity contribution in [3.05, 3.63) is 36.5 Å². The summed E-state index contributed by atoms with van der Waals surface area (Å²) in [5.41, 5.74) is 0.786. The lowest BCUT2D eigenvalue weighted by Crippen LogP contribution is -2.15. The second-order valence-corrected chi connectivity index (χ2v) is 3.33. The quantitative estimate of drug-likeness (QED) is 0.596. The van der Waals surface area contributed by atoms with E-state index in [9.17, 15) is 9.59 Å². The molecule has 0 radical (unpaired) electrons. The lowest BCUT2D eigenvalue weighted by atomic mass is 10.2. The van der Waals surface area contributed by atoms with Gasteiger partial charge in [-0.1, -0.05) is 18.2 Å². The Morgan fingerprint density at radius 2 is 2.06 bits per heavy atom. The van der Waals surface area contributed by atoms with E-state index in [1.54, 1.807) is 6.20 Å². The van der Waals surface area contributed by atoms with E-state index in [0.29, 0.717) is 6.47 Å². The summed E-state index contributed by atoms with van der Waals surface area (Å²) >= 11 is 0. The SMILES string of the molecule is O=COCCOC(=O)n1ccc2ccccc21. The highest BCUT2D eigenvalue weighted by Gasteiger charge is 2.08. The maximum Gasteiger partial charge on any atom is 0.418 e. The zero-order chi connectivity index (χ0) is 12.1. The van der Waals surface area contributed by atoms with Crippen molar-refractivity contribution in [1.82, 2.24) is 4.57 Å². The van der Waals surface area contributed by atoms with E-state index >= 15 is 0 Å². The van der Waals surface area contributed by atoms with Gasteiger partial charge in [-0.2, -0.15) is 0 Å². The summed E-state index contributed by atoms with van der Waals surface area (Å²) < 4.78 is 10.8. The van der Waals surface area contributed by atoms with Crippen molar-refractivity contribution in [2.24, 2.45) is 0 Å².